The fourth-order valence-electron chi connectivity index (χ4n) is 3.52. The van der Waals surface area contributed by atoms with Crippen molar-refractivity contribution in [3.05, 3.63) is 95.3 Å². The molecule has 1 amide bonds. The van der Waals surface area contributed by atoms with Crippen molar-refractivity contribution in [3.8, 4) is 0 Å². The number of rotatable bonds is 9. The van der Waals surface area contributed by atoms with Gasteiger partial charge in [-0.2, -0.15) is 0 Å². The monoisotopic (exact) mass is 471 g/mol. The molecule has 0 aliphatic heterocycles. The van der Waals surface area contributed by atoms with Gasteiger partial charge in [-0.05, 0) is 43.7 Å². The quantitative estimate of drug-likeness (QED) is 0.415. The van der Waals surface area contributed by atoms with E-state index in [2.05, 4.69) is 11.6 Å². The number of aromatic nitrogens is 2. The second-order valence-electron chi connectivity index (χ2n) is 7.73. The molecule has 0 radical (unpaired) electrons. The van der Waals surface area contributed by atoms with E-state index in [1.807, 2.05) is 19.9 Å². The van der Waals surface area contributed by atoms with Crippen LogP contribution in [0.4, 0.5) is 0 Å². The summed E-state index contributed by atoms with van der Waals surface area (Å²) in [5, 5.41) is 0.457. The maximum Gasteiger partial charge on any atom is 0.254 e. The smallest absolute Gasteiger partial charge is 0.254 e. The second-order valence-corrected chi connectivity index (χ2v) is 10.0. The Morgan fingerprint density at radius 2 is 1.91 bits per heavy atom. The Morgan fingerprint density at radius 1 is 1.19 bits per heavy atom. The van der Waals surface area contributed by atoms with E-state index in [0.717, 1.165) is 0 Å². The highest BCUT2D eigenvalue weighted by Crippen LogP contribution is 2.24. The van der Waals surface area contributed by atoms with E-state index in [0.29, 0.717) is 28.4 Å². The minimum absolute atomic E-state index is 0.0202. The molecule has 2 aromatic carbocycles. The zero-order valence-corrected chi connectivity index (χ0v) is 19.7. The highest BCUT2D eigenvalue weighted by Gasteiger charge is 2.27. The van der Waals surface area contributed by atoms with Crippen LogP contribution in [0.3, 0.4) is 0 Å². The molecule has 0 saturated heterocycles. The number of hydrogen-bond acceptors (Lipinski definition) is 4. The lowest BCUT2D eigenvalue weighted by atomic mass is 10.2. The van der Waals surface area contributed by atoms with E-state index < -0.39 is 9.84 Å². The van der Waals surface area contributed by atoms with Gasteiger partial charge >= 0.3 is 0 Å². The Bertz CT molecular complexity index is 1200. The highest BCUT2D eigenvalue weighted by atomic mass is 35.5. The summed E-state index contributed by atoms with van der Waals surface area (Å²) in [5.74, 6) is -0.374. The SMILES string of the molecule is C=CCN(Cc1cnc(S(=O)(=O)Cc2cccc(Cl)c2)n1C(C)C)C(=O)c1ccccc1. The molecule has 0 aliphatic carbocycles. The van der Waals surface area contributed by atoms with E-state index in [1.54, 1.807) is 64.1 Å². The number of amides is 1. The fraction of sp³-hybridized carbons (Fsp3) is 0.250. The van der Waals surface area contributed by atoms with Crippen LogP contribution in [0.25, 0.3) is 0 Å². The maximum atomic E-state index is 13.2. The van der Waals surface area contributed by atoms with Crippen molar-refractivity contribution in [3.63, 3.8) is 0 Å². The molecule has 1 aromatic heterocycles. The Hall–Kier alpha value is -2.90. The highest BCUT2D eigenvalue weighted by molar-refractivity contribution is 7.90. The molecule has 8 heteroatoms. The van der Waals surface area contributed by atoms with Crippen LogP contribution in [0.2, 0.25) is 5.02 Å². The topological polar surface area (TPSA) is 72.3 Å². The summed E-state index contributed by atoms with van der Waals surface area (Å²) in [6, 6.07) is 15.5. The van der Waals surface area contributed by atoms with Gasteiger partial charge in [-0.15, -0.1) is 6.58 Å². The van der Waals surface area contributed by atoms with E-state index in [4.69, 9.17) is 11.6 Å². The Balaban J connectivity index is 1.94. The average molecular weight is 472 g/mol. The van der Waals surface area contributed by atoms with Crippen molar-refractivity contribution in [2.75, 3.05) is 6.54 Å². The zero-order chi connectivity index (χ0) is 23.3. The number of carbonyl (C=O) groups is 1. The van der Waals surface area contributed by atoms with Crippen LogP contribution in [0.15, 0.2) is 78.6 Å². The first-order chi connectivity index (χ1) is 15.2. The lowest BCUT2D eigenvalue weighted by Crippen LogP contribution is -2.32. The molecule has 3 rings (SSSR count). The number of hydrogen-bond donors (Lipinski definition) is 0. The van der Waals surface area contributed by atoms with Gasteiger partial charge < -0.3 is 9.47 Å². The standard InChI is InChI=1S/C24H26ClN3O3S/c1-4-13-27(23(29)20-10-6-5-7-11-20)16-22-15-26-24(28(22)18(2)3)32(30,31)17-19-9-8-12-21(25)14-19/h4-12,14-15,18H,1,13,16-17H2,2-3H3. The van der Waals surface area contributed by atoms with Gasteiger partial charge in [0, 0.05) is 23.2 Å². The van der Waals surface area contributed by atoms with Crippen LogP contribution in [-0.4, -0.2) is 35.3 Å². The molecule has 32 heavy (non-hydrogen) atoms. The van der Waals surface area contributed by atoms with Crippen LogP contribution < -0.4 is 0 Å². The van der Waals surface area contributed by atoms with Gasteiger partial charge in [0.2, 0.25) is 15.0 Å². The minimum atomic E-state index is -3.74. The third kappa shape index (κ3) is 5.47. The van der Waals surface area contributed by atoms with E-state index in [1.165, 1.54) is 6.20 Å². The molecule has 0 N–H and O–H groups in total. The normalized spacial score (nSPS) is 11.5. The molecule has 3 aromatic rings. The summed E-state index contributed by atoms with van der Waals surface area (Å²) in [6.45, 7) is 8.06. The molecule has 0 bridgehead atoms. The lowest BCUT2D eigenvalue weighted by Gasteiger charge is -2.23. The third-order valence-corrected chi connectivity index (χ3v) is 6.70. The number of sulfone groups is 1. The summed E-state index contributed by atoms with van der Waals surface area (Å²) in [7, 11) is -3.74. The molecule has 0 spiro atoms. The third-order valence-electron chi connectivity index (χ3n) is 4.89. The molecular weight excluding hydrogens is 446 g/mol. The van der Waals surface area contributed by atoms with Crippen LogP contribution in [0.1, 0.15) is 41.5 Å². The summed E-state index contributed by atoms with van der Waals surface area (Å²) >= 11 is 6.01. The first-order valence-electron chi connectivity index (χ1n) is 10.2. The predicted molar refractivity (Wildman–Crippen MR) is 126 cm³/mol. The van der Waals surface area contributed by atoms with Crippen LogP contribution >= 0.6 is 11.6 Å². The van der Waals surface area contributed by atoms with Crippen molar-refractivity contribution in [2.24, 2.45) is 0 Å². The van der Waals surface area contributed by atoms with E-state index in [-0.39, 0.29) is 29.4 Å². The first kappa shape index (κ1) is 23.8. The number of halogens is 1. The number of nitrogens with zero attached hydrogens (tertiary/aromatic N) is 3. The van der Waals surface area contributed by atoms with E-state index >= 15 is 0 Å². The van der Waals surface area contributed by atoms with Gasteiger partial charge in [0.1, 0.15) is 0 Å². The van der Waals surface area contributed by atoms with Gasteiger partial charge in [-0.25, -0.2) is 13.4 Å². The fourth-order valence-corrected chi connectivity index (χ4v) is 5.32. The predicted octanol–water partition coefficient (Wildman–Crippen LogP) is 4.92. The van der Waals surface area contributed by atoms with Crippen molar-refractivity contribution in [2.45, 2.75) is 37.3 Å². The number of imidazole rings is 1. The largest absolute Gasteiger partial charge is 0.329 e. The average Bonchev–Trinajstić information content (AvgIpc) is 3.18. The van der Waals surface area contributed by atoms with Crippen molar-refractivity contribution >= 4 is 27.3 Å². The summed E-state index contributed by atoms with van der Waals surface area (Å²) in [4.78, 5) is 18.9. The molecule has 0 unspecified atom stereocenters. The Labute approximate surface area is 194 Å². The van der Waals surface area contributed by atoms with Crippen molar-refractivity contribution in [1.29, 1.82) is 0 Å². The Morgan fingerprint density at radius 3 is 2.53 bits per heavy atom. The van der Waals surface area contributed by atoms with Crippen LogP contribution in [0.5, 0.6) is 0 Å². The molecule has 168 valence electrons. The number of carbonyl (C=O) groups excluding carboxylic acids is 1. The molecule has 0 saturated carbocycles. The maximum absolute atomic E-state index is 13.2. The minimum Gasteiger partial charge on any atom is -0.329 e. The Kier molecular flexibility index (Phi) is 7.53. The van der Waals surface area contributed by atoms with Gasteiger partial charge in [0.05, 0.1) is 24.2 Å². The summed E-state index contributed by atoms with van der Waals surface area (Å²) in [5.41, 5.74) is 1.78. The summed E-state index contributed by atoms with van der Waals surface area (Å²) < 4.78 is 28.1. The van der Waals surface area contributed by atoms with Gasteiger partial charge in [0.15, 0.2) is 0 Å². The van der Waals surface area contributed by atoms with Crippen LogP contribution in [-0.2, 0) is 22.1 Å². The molecule has 0 fully saturated rings. The van der Waals surface area contributed by atoms with E-state index in [9.17, 15) is 13.2 Å². The van der Waals surface area contributed by atoms with Crippen molar-refractivity contribution in [1.82, 2.24) is 14.5 Å². The zero-order valence-electron chi connectivity index (χ0n) is 18.1. The molecule has 0 aliphatic rings. The second kappa shape index (κ2) is 10.1. The van der Waals surface area contributed by atoms with Gasteiger partial charge in [-0.1, -0.05) is 48.0 Å². The van der Waals surface area contributed by atoms with Crippen LogP contribution in [0, 0.1) is 0 Å². The molecule has 1 heterocycles. The van der Waals surface area contributed by atoms with Gasteiger partial charge in [-0.3, -0.25) is 4.79 Å². The molecular formula is C24H26ClN3O3S. The molecule has 6 nitrogen and oxygen atoms in total. The first-order valence-corrected chi connectivity index (χ1v) is 12.2. The number of benzene rings is 2. The lowest BCUT2D eigenvalue weighted by molar-refractivity contribution is 0.0758. The van der Waals surface area contributed by atoms with Crippen molar-refractivity contribution < 1.29 is 13.2 Å². The summed E-state index contributed by atoms with van der Waals surface area (Å²) in [6.07, 6.45) is 3.17. The van der Waals surface area contributed by atoms with Gasteiger partial charge in [0.25, 0.3) is 5.91 Å². The molecule has 0 atom stereocenters.